The summed E-state index contributed by atoms with van der Waals surface area (Å²) in [4.78, 5) is 136. The van der Waals surface area contributed by atoms with Gasteiger partial charge in [-0.25, -0.2) is 48.3 Å². The van der Waals surface area contributed by atoms with E-state index in [9.17, 15) is 79.1 Å². The van der Waals surface area contributed by atoms with Crippen LogP contribution in [0.3, 0.4) is 0 Å². The first-order chi connectivity index (χ1) is 66.3. The molecule has 0 saturated heterocycles. The van der Waals surface area contributed by atoms with E-state index in [0.717, 1.165) is 131 Å². The van der Waals surface area contributed by atoms with E-state index in [1.165, 1.54) is 78.1 Å². The molecule has 0 amide bonds. The number of aliphatic hydroxyl groups excluding tert-OH is 1. The number of imidazole rings is 1. The zero-order valence-electron chi connectivity index (χ0n) is 79.5. The molecule has 0 bridgehead atoms. The average Bonchev–Trinajstić information content (AvgIpc) is 1.58. The fourth-order valence-electron chi connectivity index (χ4n) is 14.3. The molecule has 784 valence electrons. The molecule has 5 unspecified atom stereocenters. The topological polar surface area (TPSA) is 377 Å². The monoisotopic (exact) mass is 2180 g/mol. The van der Waals surface area contributed by atoms with Gasteiger partial charge in [0.2, 0.25) is 0 Å². The number of aliphatic imine (C=N–C) groups is 1. The second kappa shape index (κ2) is 64.4. The molecule has 5 aliphatic rings. The van der Waals surface area contributed by atoms with Crippen LogP contribution in [0.2, 0.25) is 0 Å². The summed E-state index contributed by atoms with van der Waals surface area (Å²) in [5.74, 6) is 0.584. The van der Waals surface area contributed by atoms with Gasteiger partial charge in [0.05, 0.1) is 59.6 Å². The molecule has 0 radical (unpaired) electrons. The van der Waals surface area contributed by atoms with Crippen molar-refractivity contribution in [3.63, 3.8) is 0 Å². The Kier molecular flexibility index (Phi) is 57.1. The van der Waals surface area contributed by atoms with Crippen LogP contribution in [0.5, 0.6) is 0 Å². The van der Waals surface area contributed by atoms with Gasteiger partial charge in [-0.05, 0) is 212 Å². The van der Waals surface area contributed by atoms with Crippen molar-refractivity contribution < 1.29 is 108 Å². The summed E-state index contributed by atoms with van der Waals surface area (Å²) in [5, 5.41) is 17.5. The van der Waals surface area contributed by atoms with Gasteiger partial charge in [0.25, 0.3) is 11.1 Å². The van der Waals surface area contributed by atoms with Gasteiger partial charge in [-0.2, -0.15) is 36.5 Å². The normalized spacial score (nSPS) is 15.4. The van der Waals surface area contributed by atoms with Crippen LogP contribution in [0, 0.1) is 0 Å². The van der Waals surface area contributed by atoms with E-state index in [4.69, 9.17) is 143 Å². The number of fused-ring (bicyclic) bond motifs is 2. The lowest BCUT2D eigenvalue weighted by atomic mass is 9.98. The SMILES string of the molecule is CCC(Cl)OC(=O)Cl.CCC(Cl)OC(=O)Cl.CCC(Cl)OC(=O)OC1CCCCC1.CCC(Cl)OC(=O)OC1CCCCC1.CCC=O.CCCn1c(=O)c2c(n(CC)c1=O)N=C(c1cnn(Cc3cccc(C(F)(F)F)c3)c1)C2.CCCn1c(=O)c2c(nc(-c3cnn(Cc4cccc(C(F)(F)F)c4)c3)n2C(CC)OC(=O)OC2CCCCC2)n(CC)c1=O.O=C(Cl)OC(Cl)(Cl)Cl.OC1CCCCC1. The number of alkyl halides is 13. The van der Waals surface area contributed by atoms with Crippen LogP contribution in [-0.2, 0) is 105 Å². The fourth-order valence-corrected chi connectivity index (χ4v) is 15.4. The Hall–Kier alpha value is -8.31. The minimum absolute atomic E-state index is 0.0359. The Morgan fingerprint density at radius 1 is 0.493 bits per heavy atom. The maximum atomic E-state index is 13.9. The molecule has 1 aliphatic heterocycles. The molecule has 4 fully saturated rings. The molecule has 140 heavy (non-hydrogen) atoms. The van der Waals surface area contributed by atoms with Crippen LogP contribution in [0.4, 0.5) is 60.9 Å². The van der Waals surface area contributed by atoms with E-state index in [1.54, 1.807) is 58.4 Å². The van der Waals surface area contributed by atoms with Crippen LogP contribution in [-0.4, -0.2) is 150 Å². The van der Waals surface area contributed by atoms with E-state index >= 15 is 0 Å². The van der Waals surface area contributed by atoms with Gasteiger partial charge in [0, 0.05) is 98.2 Å². The van der Waals surface area contributed by atoms with Crippen molar-refractivity contribution in [3.05, 3.63) is 148 Å². The number of ether oxygens (including phenoxy) is 9. The molecule has 2 aromatic carbocycles. The lowest BCUT2D eigenvalue weighted by Gasteiger charge is -2.24. The van der Waals surface area contributed by atoms with Gasteiger partial charge in [-0.1, -0.05) is 165 Å². The van der Waals surface area contributed by atoms with Crippen molar-refractivity contribution in [3.8, 4) is 11.4 Å². The van der Waals surface area contributed by atoms with E-state index in [-0.39, 0.29) is 91.7 Å². The van der Waals surface area contributed by atoms with Crippen LogP contribution in [0.1, 0.15) is 289 Å². The summed E-state index contributed by atoms with van der Waals surface area (Å²) in [5.41, 5.74) is -5.19. The molecule has 1 N–H and O–H groups in total. The van der Waals surface area contributed by atoms with Gasteiger partial charge >= 0.3 is 62.5 Å². The van der Waals surface area contributed by atoms with Crippen molar-refractivity contribution in [1.29, 1.82) is 0 Å². The zero-order chi connectivity index (χ0) is 105. The Bertz CT molecular complexity index is 5220. The molecule has 5 aromatic heterocycles. The number of nitrogens with zero attached hydrogens (tertiary/aromatic N) is 11. The number of aldehydes is 1. The Morgan fingerprint density at radius 2 is 0.871 bits per heavy atom. The molecule has 4 aliphatic carbocycles. The molecular weight excluding hydrogens is 2060 g/mol. The third-order valence-corrected chi connectivity index (χ3v) is 23.2. The summed E-state index contributed by atoms with van der Waals surface area (Å²) < 4.78 is 130. The quantitative estimate of drug-likeness (QED) is 0.0125. The Balaban J connectivity index is 0.000000371. The summed E-state index contributed by atoms with van der Waals surface area (Å²) >= 11 is 51.0. The van der Waals surface area contributed by atoms with Crippen molar-refractivity contribution in [2.24, 2.45) is 4.99 Å². The van der Waals surface area contributed by atoms with Gasteiger partial charge in [-0.3, -0.25) is 41.8 Å². The van der Waals surface area contributed by atoms with E-state index in [1.807, 2.05) is 41.5 Å². The van der Waals surface area contributed by atoms with Gasteiger partial charge in [-0.15, -0.1) is 0 Å². The average molecular weight is 2190 g/mol. The number of carbonyl (C=O) groups is 7. The predicted octanol–water partition coefficient (Wildman–Crippen LogP) is 25.7. The maximum absolute atomic E-state index is 13.9. The third-order valence-electron chi connectivity index (χ3n) is 21.1. The first kappa shape index (κ1) is 124. The minimum atomic E-state index is -4.48. The third kappa shape index (κ3) is 44.5. The number of rotatable bonds is 27. The number of aliphatic hydroxyl groups is 1. The summed E-state index contributed by atoms with van der Waals surface area (Å²) in [6.07, 6.45) is 20.9. The Labute approximate surface area is 857 Å². The molecular formula is C92H123Cl10F6N11O21. The number of halogens is 16. The summed E-state index contributed by atoms with van der Waals surface area (Å²) in [6.45, 7) is 19.6. The highest BCUT2D eigenvalue weighted by Gasteiger charge is 2.35. The standard InChI is InChI=1S/C31H37F3N6O5.C22H22F3N5O2.2C10H17ClO3.C6H12O.2C4H6Cl2O2.C3H6O.C2Cl4O2/c1-4-15-39-28(41)25-27(38(6-3)29(39)42)36-26(40(25)24(5-2)45-30(43)44-23-13-8-7-9-14-23)21-17-35-37(19-21)18-20-11-10-12-22(16-20)31(32,33)34;1-3-8-30-20(31)17-10-18(27-19(17)29(4-2)21(30)32)15-11-26-28(13-15)12-14-6-5-7-16(9-14)22(23,24)25;2*1-2-9(11)14-10(12)13-8-6-4-3-5-7-8;7-6-4-2-1-3-5-6;2*1-2-3(5)8-4(6)7;1-2-3-4;3-1(7)8-2(4,5)6/h10-12,16-17,19,23-24H,4-9,13-15,18H2,1-3H3;5-7,9,11,13H,3-4,8,10,12H2,1-2H3;2*8-9H,2-7H2,1H3;6-7H,1-5H2;2*3H,2H2,1H3;3H,2H2,1H3;. The summed E-state index contributed by atoms with van der Waals surface area (Å²) in [6, 6.07) is 10.1. The molecule has 4 saturated carbocycles. The number of carbonyl (C=O) groups excluding carboxylic acids is 7. The molecule has 0 spiro atoms. The Morgan fingerprint density at radius 3 is 1.21 bits per heavy atom. The molecule has 7 aromatic rings. The molecule has 32 nitrogen and oxygen atoms in total. The summed E-state index contributed by atoms with van der Waals surface area (Å²) in [7, 11) is 0. The highest BCUT2D eigenvalue weighted by Crippen LogP contribution is 2.36. The van der Waals surface area contributed by atoms with Crippen molar-refractivity contribution in [1.82, 2.24) is 47.4 Å². The minimum Gasteiger partial charge on any atom is -0.434 e. The highest BCUT2D eigenvalue weighted by molar-refractivity contribution is 6.69. The van der Waals surface area contributed by atoms with Gasteiger partial charge in [0.1, 0.15) is 36.2 Å². The molecule has 5 atom stereocenters. The first-order valence-electron chi connectivity index (χ1n) is 46.3. The van der Waals surface area contributed by atoms with Crippen LogP contribution in [0.25, 0.3) is 22.6 Å². The van der Waals surface area contributed by atoms with Crippen molar-refractivity contribution in [2.75, 3.05) is 0 Å². The van der Waals surface area contributed by atoms with E-state index in [2.05, 4.69) is 41.0 Å². The number of hydrogen-bond donors (Lipinski definition) is 1. The lowest BCUT2D eigenvalue weighted by molar-refractivity contribution is -0.138. The molecule has 12 rings (SSSR count). The molecule has 48 heteroatoms. The van der Waals surface area contributed by atoms with Crippen LogP contribution in [0.15, 0.2) is 97.5 Å². The predicted molar refractivity (Wildman–Crippen MR) is 525 cm³/mol. The maximum Gasteiger partial charge on any atom is 0.510 e. The van der Waals surface area contributed by atoms with E-state index < -0.39 is 102 Å². The van der Waals surface area contributed by atoms with E-state index in [0.29, 0.717) is 97.4 Å². The smallest absolute Gasteiger partial charge is 0.434 e. The zero-order valence-corrected chi connectivity index (χ0v) is 87.1. The van der Waals surface area contributed by atoms with Gasteiger partial charge < -0.3 is 52.5 Å². The lowest BCUT2D eigenvalue weighted by Crippen LogP contribution is -2.41. The van der Waals surface area contributed by atoms with Crippen molar-refractivity contribution >= 4 is 180 Å². The van der Waals surface area contributed by atoms with Gasteiger partial charge in [0.15, 0.2) is 39.6 Å². The number of aryl methyl sites for hydroxylation is 1. The first-order valence-corrected chi connectivity index (χ1v) is 50.3. The van der Waals surface area contributed by atoms with Crippen LogP contribution < -0.4 is 22.5 Å². The largest absolute Gasteiger partial charge is 0.510 e. The second-order valence-electron chi connectivity index (χ2n) is 32.0. The number of benzene rings is 2. The molecule has 6 heterocycles. The van der Waals surface area contributed by atoms with Crippen LogP contribution >= 0.6 is 116 Å². The highest BCUT2D eigenvalue weighted by atomic mass is 35.6. The van der Waals surface area contributed by atoms with Crippen molar-refractivity contribution in [2.45, 2.75) is 364 Å². The number of hydrogen-bond acceptors (Lipinski definition) is 25. The fraction of sp³-hybridized carbons (Fsp3) is 0.620. The second-order valence-corrected chi connectivity index (χ2v) is 37.0. The number of aromatic nitrogens is 10.